The van der Waals surface area contributed by atoms with Crippen LogP contribution in [0, 0.1) is 11.6 Å². The largest absolute Gasteiger partial charge is 0.322 e. The van der Waals surface area contributed by atoms with E-state index >= 15 is 0 Å². The topological polar surface area (TPSA) is 37.3 Å². The molecule has 1 aliphatic rings. The summed E-state index contributed by atoms with van der Waals surface area (Å²) in [5.41, 5.74) is 3.62. The zero-order valence-corrected chi connectivity index (χ0v) is 16.5. The van der Waals surface area contributed by atoms with E-state index in [-0.39, 0.29) is 12.6 Å². The number of anilines is 1. The van der Waals surface area contributed by atoms with Crippen LogP contribution < -0.4 is 5.32 Å². The molecule has 1 aromatic heterocycles. The SMILES string of the molecule is O=C(Nc1ccccc1)N1Cc2ccccc2-n2cccc2[C@H]1c1cc(F)cc(F)c1. The maximum absolute atomic E-state index is 14.2. The lowest BCUT2D eigenvalue weighted by Crippen LogP contribution is -2.38. The molecule has 0 fully saturated rings. The van der Waals surface area contributed by atoms with Crippen molar-refractivity contribution in [2.45, 2.75) is 12.6 Å². The molecular formula is C25H19F2N3O. The number of rotatable bonds is 2. The van der Waals surface area contributed by atoms with Gasteiger partial charge in [0, 0.05) is 23.6 Å². The van der Waals surface area contributed by atoms with Crippen molar-refractivity contribution in [2.24, 2.45) is 0 Å². The normalized spacial score (nSPS) is 15.0. The standard InChI is InChI=1S/C25H19F2N3O/c26-19-13-18(14-20(27)15-19)24-23-11-6-12-29(23)22-10-5-4-7-17(22)16-30(24)25(31)28-21-8-2-1-3-9-21/h1-15,24H,16H2,(H,28,31)/t24-/m1/s1. The Kier molecular flexibility index (Phi) is 4.75. The van der Waals surface area contributed by atoms with Gasteiger partial charge in [0.25, 0.3) is 0 Å². The minimum Gasteiger partial charge on any atom is -0.318 e. The Hall–Kier alpha value is -3.93. The van der Waals surface area contributed by atoms with E-state index in [2.05, 4.69) is 5.32 Å². The van der Waals surface area contributed by atoms with Crippen LogP contribution >= 0.6 is 0 Å². The summed E-state index contributed by atoms with van der Waals surface area (Å²) in [7, 11) is 0. The van der Waals surface area contributed by atoms with E-state index in [1.807, 2.05) is 65.4 Å². The molecule has 1 N–H and O–H groups in total. The predicted octanol–water partition coefficient (Wildman–Crippen LogP) is 5.89. The summed E-state index contributed by atoms with van der Waals surface area (Å²) in [5, 5.41) is 2.91. The van der Waals surface area contributed by atoms with Gasteiger partial charge in [0.2, 0.25) is 0 Å². The van der Waals surface area contributed by atoms with Crippen LogP contribution in [0.1, 0.15) is 22.9 Å². The van der Waals surface area contributed by atoms with Crippen molar-refractivity contribution in [1.29, 1.82) is 0 Å². The first-order valence-electron chi connectivity index (χ1n) is 9.94. The van der Waals surface area contributed by atoms with E-state index in [0.29, 0.717) is 11.3 Å². The highest BCUT2D eigenvalue weighted by atomic mass is 19.1. The van der Waals surface area contributed by atoms with Gasteiger partial charge in [-0.05, 0) is 53.6 Å². The van der Waals surface area contributed by atoms with Crippen LogP contribution in [0.2, 0.25) is 0 Å². The molecule has 6 heteroatoms. The smallest absolute Gasteiger partial charge is 0.318 e. The molecule has 2 heterocycles. The third kappa shape index (κ3) is 3.57. The molecule has 2 amide bonds. The number of urea groups is 1. The molecule has 0 spiro atoms. The Bertz CT molecular complexity index is 1230. The molecule has 5 rings (SSSR count). The lowest BCUT2D eigenvalue weighted by atomic mass is 10.0. The van der Waals surface area contributed by atoms with Crippen molar-refractivity contribution < 1.29 is 13.6 Å². The van der Waals surface area contributed by atoms with Crippen LogP contribution in [0.3, 0.4) is 0 Å². The third-order valence-corrected chi connectivity index (χ3v) is 5.45. The molecule has 31 heavy (non-hydrogen) atoms. The van der Waals surface area contributed by atoms with Gasteiger partial charge in [-0.2, -0.15) is 0 Å². The molecule has 4 aromatic rings. The third-order valence-electron chi connectivity index (χ3n) is 5.45. The Balaban J connectivity index is 1.67. The quantitative estimate of drug-likeness (QED) is 0.435. The van der Waals surface area contributed by atoms with E-state index in [9.17, 15) is 13.6 Å². The second-order valence-corrected chi connectivity index (χ2v) is 7.46. The first-order valence-corrected chi connectivity index (χ1v) is 9.94. The monoisotopic (exact) mass is 415 g/mol. The van der Waals surface area contributed by atoms with Crippen LogP contribution in [0.4, 0.5) is 19.3 Å². The number of aromatic nitrogens is 1. The van der Waals surface area contributed by atoms with Gasteiger partial charge < -0.3 is 14.8 Å². The number of carbonyl (C=O) groups is 1. The lowest BCUT2D eigenvalue weighted by Gasteiger charge is -2.31. The Morgan fingerprint density at radius 3 is 2.35 bits per heavy atom. The molecule has 0 saturated heterocycles. The molecule has 3 aromatic carbocycles. The molecule has 0 saturated carbocycles. The maximum atomic E-state index is 14.2. The molecule has 0 aliphatic carbocycles. The number of hydrogen-bond acceptors (Lipinski definition) is 1. The summed E-state index contributed by atoms with van der Waals surface area (Å²) in [4.78, 5) is 15.0. The van der Waals surface area contributed by atoms with E-state index < -0.39 is 17.7 Å². The predicted molar refractivity (Wildman–Crippen MR) is 115 cm³/mol. The zero-order chi connectivity index (χ0) is 21.4. The molecule has 0 radical (unpaired) electrons. The summed E-state index contributed by atoms with van der Waals surface area (Å²) >= 11 is 0. The molecule has 4 nitrogen and oxygen atoms in total. The minimum atomic E-state index is -0.684. The van der Waals surface area contributed by atoms with Crippen molar-refractivity contribution >= 4 is 11.7 Å². The van der Waals surface area contributed by atoms with Crippen LogP contribution in [0.25, 0.3) is 5.69 Å². The van der Waals surface area contributed by atoms with Gasteiger partial charge in [0.05, 0.1) is 18.3 Å². The van der Waals surface area contributed by atoms with Gasteiger partial charge in [-0.15, -0.1) is 0 Å². The molecule has 1 atom stereocenters. The highest BCUT2D eigenvalue weighted by Gasteiger charge is 2.33. The van der Waals surface area contributed by atoms with Gasteiger partial charge >= 0.3 is 6.03 Å². The van der Waals surface area contributed by atoms with Gasteiger partial charge in [-0.1, -0.05) is 36.4 Å². The minimum absolute atomic E-state index is 0.277. The summed E-state index contributed by atoms with van der Waals surface area (Å²) in [6, 6.07) is 23.0. The van der Waals surface area contributed by atoms with Crippen molar-refractivity contribution in [2.75, 3.05) is 5.32 Å². The highest BCUT2D eigenvalue weighted by Crippen LogP contribution is 2.37. The maximum Gasteiger partial charge on any atom is 0.322 e. The van der Waals surface area contributed by atoms with Crippen LogP contribution in [-0.2, 0) is 6.54 Å². The number of para-hydroxylation sites is 2. The number of benzene rings is 3. The number of nitrogens with zero attached hydrogens (tertiary/aromatic N) is 2. The van der Waals surface area contributed by atoms with Gasteiger partial charge in [-0.25, -0.2) is 13.6 Å². The van der Waals surface area contributed by atoms with Crippen molar-refractivity contribution in [1.82, 2.24) is 9.47 Å². The first-order chi connectivity index (χ1) is 15.1. The highest BCUT2D eigenvalue weighted by molar-refractivity contribution is 5.90. The van der Waals surface area contributed by atoms with Crippen LogP contribution in [-0.4, -0.2) is 15.5 Å². The lowest BCUT2D eigenvalue weighted by molar-refractivity contribution is 0.194. The molecule has 0 unspecified atom stereocenters. The van der Waals surface area contributed by atoms with E-state index in [0.717, 1.165) is 23.0 Å². The fourth-order valence-electron chi connectivity index (χ4n) is 4.14. The van der Waals surface area contributed by atoms with Crippen molar-refractivity contribution in [3.05, 3.63) is 120 Å². The second kappa shape index (κ2) is 7.72. The molecule has 0 bridgehead atoms. The number of carbonyl (C=O) groups excluding carboxylic acids is 1. The summed E-state index contributed by atoms with van der Waals surface area (Å²) in [5.74, 6) is -1.36. The number of nitrogens with one attached hydrogen (secondary N) is 1. The summed E-state index contributed by atoms with van der Waals surface area (Å²) in [6.07, 6.45) is 1.90. The van der Waals surface area contributed by atoms with Crippen molar-refractivity contribution in [3.63, 3.8) is 0 Å². The average molecular weight is 415 g/mol. The number of hydrogen-bond donors (Lipinski definition) is 1. The second-order valence-electron chi connectivity index (χ2n) is 7.46. The number of fused-ring (bicyclic) bond motifs is 3. The van der Waals surface area contributed by atoms with Gasteiger partial charge in [0.15, 0.2) is 0 Å². The van der Waals surface area contributed by atoms with Crippen LogP contribution in [0.15, 0.2) is 91.1 Å². The number of halogens is 2. The Labute approximate surface area is 178 Å². The van der Waals surface area contributed by atoms with Gasteiger partial charge in [-0.3, -0.25) is 0 Å². The number of amides is 2. The van der Waals surface area contributed by atoms with E-state index in [1.54, 1.807) is 17.0 Å². The van der Waals surface area contributed by atoms with Crippen LogP contribution in [0.5, 0.6) is 0 Å². The van der Waals surface area contributed by atoms with Crippen molar-refractivity contribution in [3.8, 4) is 5.69 Å². The molecular weight excluding hydrogens is 396 g/mol. The Morgan fingerprint density at radius 1 is 0.871 bits per heavy atom. The van der Waals surface area contributed by atoms with Gasteiger partial charge in [0.1, 0.15) is 11.6 Å². The average Bonchev–Trinajstić information content (AvgIpc) is 3.18. The molecule has 154 valence electrons. The zero-order valence-electron chi connectivity index (χ0n) is 16.5. The summed E-state index contributed by atoms with van der Waals surface area (Å²) < 4.78 is 30.3. The van der Waals surface area contributed by atoms with E-state index in [1.165, 1.54) is 12.1 Å². The Morgan fingerprint density at radius 2 is 1.58 bits per heavy atom. The first kappa shape index (κ1) is 19.1. The van der Waals surface area contributed by atoms with E-state index in [4.69, 9.17) is 0 Å². The fraction of sp³-hybridized carbons (Fsp3) is 0.0800. The fourth-order valence-corrected chi connectivity index (χ4v) is 4.14. The molecule has 1 aliphatic heterocycles. The summed E-state index contributed by atoms with van der Waals surface area (Å²) in [6.45, 7) is 0.277.